The molecule has 3 rings (SSSR count). The fourth-order valence-corrected chi connectivity index (χ4v) is 4.72. The van der Waals surface area contributed by atoms with E-state index in [2.05, 4.69) is 30.3 Å². The second-order valence-corrected chi connectivity index (χ2v) is 6.77. The molecular formula is C19H28. The first kappa shape index (κ1) is 13.2. The maximum atomic E-state index is 2.42. The Balaban J connectivity index is 1.93. The molecule has 0 nitrogen and oxygen atoms in total. The number of hydrogen-bond acceptors (Lipinski definition) is 0. The Morgan fingerprint density at radius 3 is 1.89 bits per heavy atom. The molecule has 2 saturated carbocycles. The van der Waals surface area contributed by atoms with Gasteiger partial charge < -0.3 is 0 Å². The molecule has 19 heavy (non-hydrogen) atoms. The van der Waals surface area contributed by atoms with E-state index in [1.54, 1.807) is 5.56 Å². The van der Waals surface area contributed by atoms with Gasteiger partial charge in [-0.3, -0.25) is 0 Å². The summed E-state index contributed by atoms with van der Waals surface area (Å²) in [6.07, 6.45) is 16.1. The second kappa shape index (κ2) is 6.11. The van der Waals surface area contributed by atoms with Crippen LogP contribution in [0, 0.1) is 5.92 Å². The summed E-state index contributed by atoms with van der Waals surface area (Å²) in [5.74, 6) is 0.960. The summed E-state index contributed by atoms with van der Waals surface area (Å²) in [6, 6.07) is 11.5. The fraction of sp³-hybridized carbons (Fsp3) is 0.684. The van der Waals surface area contributed by atoms with Gasteiger partial charge in [-0.25, -0.2) is 0 Å². The van der Waals surface area contributed by atoms with Crippen LogP contribution >= 0.6 is 0 Å². The standard InChI is InChI=1S/C19H28/c1-2-10-16-19(15-9-1,17-11-5-3-6-12-17)18-13-7-4-8-14-18/h3,5-6,11-12,18H,1-2,4,7-10,13-16H2. The van der Waals surface area contributed by atoms with Crippen LogP contribution in [0.15, 0.2) is 30.3 Å². The Kier molecular flexibility index (Phi) is 4.25. The largest absolute Gasteiger partial charge is 0.0622 e. The summed E-state index contributed by atoms with van der Waals surface area (Å²) in [5, 5.41) is 0. The van der Waals surface area contributed by atoms with Crippen LogP contribution in [0.1, 0.15) is 76.2 Å². The molecule has 0 spiro atoms. The van der Waals surface area contributed by atoms with Crippen LogP contribution in [0.4, 0.5) is 0 Å². The summed E-state index contributed by atoms with van der Waals surface area (Å²) in [7, 11) is 0. The minimum absolute atomic E-state index is 0.526. The molecule has 0 aromatic heterocycles. The lowest BCUT2D eigenvalue weighted by atomic mass is 9.61. The highest BCUT2D eigenvalue weighted by Crippen LogP contribution is 2.49. The van der Waals surface area contributed by atoms with Gasteiger partial charge in [-0.1, -0.05) is 75.3 Å². The molecule has 0 heterocycles. The van der Waals surface area contributed by atoms with Crippen molar-refractivity contribution >= 4 is 0 Å². The Bertz CT molecular complexity index is 364. The van der Waals surface area contributed by atoms with Crippen LogP contribution < -0.4 is 0 Å². The first-order valence-electron chi connectivity index (χ1n) is 8.47. The summed E-state index contributed by atoms with van der Waals surface area (Å²) < 4.78 is 0. The molecule has 0 aliphatic heterocycles. The predicted molar refractivity (Wildman–Crippen MR) is 82.4 cm³/mol. The third-order valence-electron chi connectivity index (χ3n) is 5.73. The third-order valence-corrected chi connectivity index (χ3v) is 5.73. The molecule has 0 amide bonds. The minimum atomic E-state index is 0.526. The molecule has 0 unspecified atom stereocenters. The SMILES string of the molecule is c1ccc(C2(C3CCCCC3)CCCCCC2)cc1. The van der Waals surface area contributed by atoms with Crippen molar-refractivity contribution in [3.8, 4) is 0 Å². The van der Waals surface area contributed by atoms with E-state index in [-0.39, 0.29) is 0 Å². The molecule has 1 aromatic rings. The molecule has 0 heteroatoms. The highest BCUT2D eigenvalue weighted by atomic mass is 14.4. The van der Waals surface area contributed by atoms with E-state index < -0.39 is 0 Å². The molecule has 1 aromatic carbocycles. The van der Waals surface area contributed by atoms with Crippen molar-refractivity contribution in [1.82, 2.24) is 0 Å². The van der Waals surface area contributed by atoms with Gasteiger partial charge in [-0.2, -0.15) is 0 Å². The Morgan fingerprint density at radius 1 is 0.684 bits per heavy atom. The topological polar surface area (TPSA) is 0 Å². The van der Waals surface area contributed by atoms with Gasteiger partial charge in [-0.15, -0.1) is 0 Å². The van der Waals surface area contributed by atoms with Gasteiger partial charge >= 0.3 is 0 Å². The summed E-state index contributed by atoms with van der Waals surface area (Å²) in [4.78, 5) is 0. The van der Waals surface area contributed by atoms with Gasteiger partial charge in [0.05, 0.1) is 0 Å². The van der Waals surface area contributed by atoms with Crippen molar-refractivity contribution in [3.63, 3.8) is 0 Å². The first-order valence-corrected chi connectivity index (χ1v) is 8.47. The maximum absolute atomic E-state index is 2.42. The van der Waals surface area contributed by atoms with E-state index >= 15 is 0 Å². The highest BCUT2D eigenvalue weighted by molar-refractivity contribution is 5.27. The molecule has 2 aliphatic rings. The zero-order valence-corrected chi connectivity index (χ0v) is 12.2. The Morgan fingerprint density at radius 2 is 1.26 bits per heavy atom. The summed E-state index contributed by atoms with van der Waals surface area (Å²) in [6.45, 7) is 0. The molecule has 0 N–H and O–H groups in total. The quantitative estimate of drug-likeness (QED) is 0.581. The molecule has 0 bridgehead atoms. The van der Waals surface area contributed by atoms with Crippen molar-refractivity contribution in [2.45, 2.75) is 76.0 Å². The molecule has 2 fully saturated rings. The second-order valence-electron chi connectivity index (χ2n) is 6.77. The molecule has 0 atom stereocenters. The molecule has 104 valence electrons. The van der Waals surface area contributed by atoms with Gasteiger partial charge in [0.1, 0.15) is 0 Å². The van der Waals surface area contributed by atoms with Crippen LogP contribution in [0.5, 0.6) is 0 Å². The minimum Gasteiger partial charge on any atom is -0.0622 e. The molecule has 2 aliphatic carbocycles. The Labute approximate surface area is 118 Å². The normalized spacial score (nSPS) is 24.8. The van der Waals surface area contributed by atoms with Gasteiger partial charge in [0.25, 0.3) is 0 Å². The van der Waals surface area contributed by atoms with Crippen molar-refractivity contribution in [2.75, 3.05) is 0 Å². The third kappa shape index (κ3) is 2.73. The van der Waals surface area contributed by atoms with Crippen LogP contribution in [0.25, 0.3) is 0 Å². The monoisotopic (exact) mass is 256 g/mol. The van der Waals surface area contributed by atoms with Crippen LogP contribution in [-0.2, 0) is 5.41 Å². The average molecular weight is 256 g/mol. The summed E-state index contributed by atoms with van der Waals surface area (Å²) >= 11 is 0. The number of hydrogen-bond donors (Lipinski definition) is 0. The van der Waals surface area contributed by atoms with Crippen molar-refractivity contribution in [3.05, 3.63) is 35.9 Å². The van der Waals surface area contributed by atoms with Gasteiger partial charge in [0, 0.05) is 0 Å². The van der Waals surface area contributed by atoms with E-state index in [0.717, 1.165) is 5.92 Å². The number of rotatable bonds is 2. The average Bonchev–Trinajstić information content (AvgIpc) is 2.76. The van der Waals surface area contributed by atoms with E-state index in [9.17, 15) is 0 Å². The zero-order chi connectivity index (χ0) is 13.0. The van der Waals surface area contributed by atoms with Gasteiger partial charge in [0.15, 0.2) is 0 Å². The van der Waals surface area contributed by atoms with E-state index in [4.69, 9.17) is 0 Å². The van der Waals surface area contributed by atoms with Crippen LogP contribution in [0.3, 0.4) is 0 Å². The smallest absolute Gasteiger partial charge is 0.00188 e. The predicted octanol–water partition coefficient (Wildman–Crippen LogP) is 5.86. The van der Waals surface area contributed by atoms with Crippen molar-refractivity contribution in [1.29, 1.82) is 0 Å². The lowest BCUT2D eigenvalue weighted by molar-refractivity contribution is 0.178. The van der Waals surface area contributed by atoms with E-state index in [0.29, 0.717) is 5.41 Å². The molecule has 0 saturated heterocycles. The van der Waals surface area contributed by atoms with E-state index in [1.165, 1.54) is 70.6 Å². The van der Waals surface area contributed by atoms with Crippen molar-refractivity contribution < 1.29 is 0 Å². The van der Waals surface area contributed by atoms with Crippen molar-refractivity contribution in [2.24, 2.45) is 5.92 Å². The maximum Gasteiger partial charge on any atom is -0.00188 e. The Hall–Kier alpha value is -0.780. The van der Waals surface area contributed by atoms with E-state index in [1.807, 2.05) is 0 Å². The number of benzene rings is 1. The highest BCUT2D eigenvalue weighted by Gasteiger charge is 2.40. The van der Waals surface area contributed by atoms with Crippen LogP contribution in [0.2, 0.25) is 0 Å². The lowest BCUT2D eigenvalue weighted by Crippen LogP contribution is -2.36. The van der Waals surface area contributed by atoms with Gasteiger partial charge in [0.2, 0.25) is 0 Å². The molecular weight excluding hydrogens is 228 g/mol. The van der Waals surface area contributed by atoms with Crippen LogP contribution in [-0.4, -0.2) is 0 Å². The first-order chi connectivity index (χ1) is 9.42. The fourth-order valence-electron chi connectivity index (χ4n) is 4.72. The van der Waals surface area contributed by atoms with Gasteiger partial charge in [-0.05, 0) is 42.6 Å². The lowest BCUT2D eigenvalue weighted by Gasteiger charge is -2.43. The zero-order valence-electron chi connectivity index (χ0n) is 12.2. The molecule has 0 radical (unpaired) electrons. The summed E-state index contributed by atoms with van der Waals surface area (Å²) in [5.41, 5.74) is 2.18.